The Morgan fingerprint density at radius 2 is 1.82 bits per heavy atom. The average molecular weight is 300 g/mol. The van der Waals surface area contributed by atoms with Gasteiger partial charge in [-0.3, -0.25) is 4.79 Å². The number of amides is 1. The summed E-state index contributed by atoms with van der Waals surface area (Å²) in [4.78, 5) is 12.9. The fourth-order valence-corrected chi connectivity index (χ4v) is 3.41. The van der Waals surface area contributed by atoms with E-state index in [1.54, 1.807) is 0 Å². The van der Waals surface area contributed by atoms with Gasteiger partial charge >= 0.3 is 0 Å². The van der Waals surface area contributed by atoms with Crippen LogP contribution in [0.4, 0.5) is 0 Å². The highest BCUT2D eigenvalue weighted by molar-refractivity contribution is 5.85. The predicted molar refractivity (Wildman–Crippen MR) is 92.9 cm³/mol. The van der Waals surface area contributed by atoms with Gasteiger partial charge in [0.05, 0.1) is 11.0 Å². The minimum Gasteiger partial charge on any atom is -0.356 e. The number of nitrogens with zero attached hydrogens (tertiary/aromatic N) is 1. The van der Waals surface area contributed by atoms with E-state index in [4.69, 9.17) is 0 Å². The van der Waals surface area contributed by atoms with Crippen LogP contribution in [0.25, 0.3) is 10.9 Å². The first-order valence-corrected chi connectivity index (χ1v) is 8.11. The molecule has 1 heterocycles. The van der Waals surface area contributed by atoms with Crippen molar-refractivity contribution in [2.75, 3.05) is 6.54 Å². The van der Waals surface area contributed by atoms with E-state index in [1.807, 2.05) is 19.1 Å². The number of aromatic nitrogens is 1. The maximum atomic E-state index is 12.9. The molecule has 0 fully saturated rings. The molecule has 1 atom stereocenters. The molecule has 1 N–H and O–H groups in total. The third-order valence-corrected chi connectivity index (χ3v) is 5.44. The molecule has 1 unspecified atom stereocenters. The summed E-state index contributed by atoms with van der Waals surface area (Å²) in [5.41, 5.74) is 0.317. The third kappa shape index (κ3) is 2.33. The van der Waals surface area contributed by atoms with Crippen LogP contribution < -0.4 is 5.32 Å². The van der Waals surface area contributed by atoms with E-state index in [0.29, 0.717) is 6.54 Å². The third-order valence-electron chi connectivity index (χ3n) is 5.44. The van der Waals surface area contributed by atoms with E-state index in [-0.39, 0.29) is 17.4 Å². The molecular formula is C19H28N2O. The minimum absolute atomic E-state index is 0.118. The first-order valence-electron chi connectivity index (χ1n) is 8.11. The second-order valence-corrected chi connectivity index (χ2v) is 7.02. The van der Waals surface area contributed by atoms with Gasteiger partial charge < -0.3 is 9.88 Å². The number of hydrogen-bond donors (Lipinski definition) is 1. The second kappa shape index (κ2) is 5.79. The topological polar surface area (TPSA) is 34.0 Å². The Hall–Kier alpha value is -1.77. The monoisotopic (exact) mass is 300 g/mol. The van der Waals surface area contributed by atoms with Gasteiger partial charge in [-0.1, -0.05) is 32.0 Å². The summed E-state index contributed by atoms with van der Waals surface area (Å²) in [7, 11) is 0. The highest BCUT2D eigenvalue weighted by Crippen LogP contribution is 2.45. The van der Waals surface area contributed by atoms with Gasteiger partial charge in [0.15, 0.2) is 0 Å². The van der Waals surface area contributed by atoms with Gasteiger partial charge in [0.25, 0.3) is 0 Å². The molecular weight excluding hydrogens is 272 g/mol. The molecule has 2 rings (SSSR count). The summed E-state index contributed by atoms with van der Waals surface area (Å²) in [5, 5.41) is 4.24. The Morgan fingerprint density at radius 1 is 1.18 bits per heavy atom. The molecule has 0 saturated carbocycles. The molecule has 1 aromatic heterocycles. The SMILES string of the molecule is CCNC(=O)C(C)(C(C)C)C(C)(C)n1ccc2ccccc21. The van der Waals surface area contributed by atoms with Gasteiger partial charge in [-0.25, -0.2) is 0 Å². The lowest BCUT2D eigenvalue weighted by molar-refractivity contribution is -0.139. The molecule has 1 aromatic carbocycles. The summed E-state index contributed by atoms with van der Waals surface area (Å²) >= 11 is 0. The van der Waals surface area contributed by atoms with Crippen molar-refractivity contribution >= 4 is 16.8 Å². The van der Waals surface area contributed by atoms with Crippen molar-refractivity contribution in [3.8, 4) is 0 Å². The van der Waals surface area contributed by atoms with Crippen molar-refractivity contribution in [1.82, 2.24) is 9.88 Å². The summed E-state index contributed by atoms with van der Waals surface area (Å²) in [6.45, 7) is 13.3. The van der Waals surface area contributed by atoms with Gasteiger partial charge in [-0.15, -0.1) is 0 Å². The first-order chi connectivity index (χ1) is 10.3. The van der Waals surface area contributed by atoms with E-state index < -0.39 is 5.41 Å². The molecule has 2 aromatic rings. The molecule has 0 aliphatic heterocycles. The Kier molecular flexibility index (Phi) is 4.37. The zero-order valence-corrected chi connectivity index (χ0v) is 14.6. The molecule has 0 spiro atoms. The molecule has 0 saturated heterocycles. The van der Waals surface area contributed by atoms with E-state index >= 15 is 0 Å². The van der Waals surface area contributed by atoms with Crippen LogP contribution in [0.3, 0.4) is 0 Å². The maximum absolute atomic E-state index is 12.9. The molecule has 22 heavy (non-hydrogen) atoms. The Morgan fingerprint density at radius 3 is 2.41 bits per heavy atom. The van der Waals surface area contributed by atoms with Crippen molar-refractivity contribution in [3.05, 3.63) is 36.5 Å². The van der Waals surface area contributed by atoms with Gasteiger partial charge in [0.1, 0.15) is 0 Å². The van der Waals surface area contributed by atoms with Crippen molar-refractivity contribution in [2.45, 2.75) is 47.1 Å². The van der Waals surface area contributed by atoms with Crippen LogP contribution in [0.5, 0.6) is 0 Å². The lowest BCUT2D eigenvalue weighted by atomic mass is 9.64. The molecule has 0 aliphatic rings. The zero-order valence-electron chi connectivity index (χ0n) is 14.6. The van der Waals surface area contributed by atoms with E-state index in [1.165, 1.54) is 10.9 Å². The van der Waals surface area contributed by atoms with Gasteiger partial charge in [0.2, 0.25) is 5.91 Å². The van der Waals surface area contributed by atoms with Crippen LogP contribution in [-0.4, -0.2) is 17.0 Å². The summed E-state index contributed by atoms with van der Waals surface area (Å²) in [6, 6.07) is 10.4. The predicted octanol–water partition coefficient (Wildman–Crippen LogP) is 4.17. The van der Waals surface area contributed by atoms with Crippen molar-refractivity contribution in [3.63, 3.8) is 0 Å². The smallest absolute Gasteiger partial charge is 0.228 e. The average Bonchev–Trinajstić information content (AvgIpc) is 2.90. The Labute approximate surface area is 133 Å². The van der Waals surface area contributed by atoms with Crippen LogP contribution in [0, 0.1) is 11.3 Å². The number of fused-ring (bicyclic) bond motifs is 1. The number of nitrogens with one attached hydrogen (secondary N) is 1. The Bertz CT molecular complexity index is 669. The highest BCUT2D eigenvalue weighted by Gasteiger charge is 2.50. The Balaban J connectivity index is 2.61. The number of hydrogen-bond acceptors (Lipinski definition) is 1. The first kappa shape index (κ1) is 16.6. The highest BCUT2D eigenvalue weighted by atomic mass is 16.2. The molecule has 0 bridgehead atoms. The standard InChI is InChI=1S/C19H28N2O/c1-7-20-17(22)19(6,14(2)3)18(4,5)21-13-12-15-10-8-9-11-16(15)21/h8-14H,7H2,1-6H3,(H,20,22). The van der Waals surface area contributed by atoms with Crippen molar-refractivity contribution in [1.29, 1.82) is 0 Å². The normalized spacial score (nSPS) is 15.0. The van der Waals surface area contributed by atoms with Crippen LogP contribution in [0.1, 0.15) is 41.5 Å². The fourth-order valence-electron chi connectivity index (χ4n) is 3.41. The van der Waals surface area contributed by atoms with Crippen LogP contribution in [-0.2, 0) is 10.3 Å². The van der Waals surface area contributed by atoms with E-state index in [0.717, 1.165) is 0 Å². The second-order valence-electron chi connectivity index (χ2n) is 7.02. The quantitative estimate of drug-likeness (QED) is 0.883. The molecule has 0 radical (unpaired) electrons. The lowest BCUT2D eigenvalue weighted by Crippen LogP contribution is -2.56. The molecule has 3 nitrogen and oxygen atoms in total. The summed E-state index contributed by atoms with van der Waals surface area (Å²) in [6.07, 6.45) is 2.10. The lowest BCUT2D eigenvalue weighted by Gasteiger charge is -2.47. The number of para-hydroxylation sites is 1. The molecule has 3 heteroatoms. The largest absolute Gasteiger partial charge is 0.356 e. The van der Waals surface area contributed by atoms with Crippen LogP contribution in [0.15, 0.2) is 36.5 Å². The minimum atomic E-state index is -0.509. The number of carbonyl (C=O) groups excluding carboxylic acids is 1. The summed E-state index contributed by atoms with van der Waals surface area (Å²) in [5.74, 6) is 0.336. The molecule has 1 amide bonds. The number of carbonyl (C=O) groups is 1. The number of rotatable bonds is 5. The maximum Gasteiger partial charge on any atom is 0.228 e. The summed E-state index contributed by atoms with van der Waals surface area (Å²) < 4.78 is 2.25. The van der Waals surface area contributed by atoms with Crippen molar-refractivity contribution < 1.29 is 4.79 Å². The molecule has 0 aliphatic carbocycles. The van der Waals surface area contributed by atoms with E-state index in [9.17, 15) is 4.79 Å². The number of benzene rings is 1. The van der Waals surface area contributed by atoms with Crippen LogP contribution in [0.2, 0.25) is 0 Å². The van der Waals surface area contributed by atoms with Crippen molar-refractivity contribution in [2.24, 2.45) is 11.3 Å². The van der Waals surface area contributed by atoms with Crippen LogP contribution >= 0.6 is 0 Å². The molecule has 120 valence electrons. The van der Waals surface area contributed by atoms with E-state index in [2.05, 4.69) is 68.9 Å². The zero-order chi connectivity index (χ0) is 16.5. The van der Waals surface area contributed by atoms with Gasteiger partial charge in [0, 0.05) is 18.3 Å². The van der Waals surface area contributed by atoms with Gasteiger partial charge in [-0.2, -0.15) is 0 Å². The van der Waals surface area contributed by atoms with Gasteiger partial charge in [-0.05, 0) is 51.1 Å². The fraction of sp³-hybridized carbons (Fsp3) is 0.526.